The summed E-state index contributed by atoms with van der Waals surface area (Å²) >= 11 is 4.93. The second-order valence-electron chi connectivity index (χ2n) is 3.41. The maximum Gasteiger partial charge on any atom is 0.131 e. The van der Waals surface area contributed by atoms with Gasteiger partial charge in [-0.3, -0.25) is 0 Å². The molecule has 0 aliphatic heterocycles. The summed E-state index contributed by atoms with van der Waals surface area (Å²) in [5, 5.41) is 3.25. The Kier molecular flexibility index (Phi) is 3.89. The van der Waals surface area contributed by atoms with Crippen molar-refractivity contribution in [2.45, 2.75) is 20.3 Å². The Balaban J connectivity index is 2.41. The van der Waals surface area contributed by atoms with Crippen molar-refractivity contribution >= 4 is 18.0 Å². The van der Waals surface area contributed by atoms with E-state index in [9.17, 15) is 0 Å². The fourth-order valence-electron chi connectivity index (χ4n) is 0.965. The maximum atomic E-state index is 4.93. The zero-order valence-corrected chi connectivity index (χ0v) is 8.82. The van der Waals surface area contributed by atoms with Crippen molar-refractivity contribution in [3.8, 4) is 0 Å². The Morgan fingerprint density at radius 2 is 2.38 bits per heavy atom. The summed E-state index contributed by atoms with van der Waals surface area (Å²) in [6.45, 7) is 5.37. The zero-order chi connectivity index (χ0) is 9.68. The molecular weight excluding hydrogens is 182 g/mol. The van der Waals surface area contributed by atoms with Gasteiger partial charge < -0.3 is 10.3 Å². The number of nitrogens with zero attached hydrogens (tertiary/aromatic N) is 1. The molecule has 0 aliphatic carbocycles. The van der Waals surface area contributed by atoms with Crippen LogP contribution in [0, 0.1) is 10.6 Å². The quantitative estimate of drug-likeness (QED) is 0.729. The molecule has 0 aliphatic rings. The molecule has 13 heavy (non-hydrogen) atoms. The number of hydrogen-bond acceptors (Lipinski definition) is 3. The summed E-state index contributed by atoms with van der Waals surface area (Å²) in [5.74, 6) is 1.66. The molecule has 72 valence electrons. The number of aromatic amines is 1. The van der Waals surface area contributed by atoms with Crippen LogP contribution in [0.1, 0.15) is 20.3 Å². The second kappa shape index (κ2) is 4.97. The molecule has 0 radical (unpaired) electrons. The van der Waals surface area contributed by atoms with Crippen molar-refractivity contribution in [1.82, 2.24) is 9.97 Å². The molecule has 0 bridgehead atoms. The molecule has 0 fully saturated rings. The number of rotatable bonds is 4. The Labute approximate surface area is 83.6 Å². The highest BCUT2D eigenvalue weighted by Crippen LogP contribution is 2.03. The fraction of sp³-hybridized carbons (Fsp3) is 0.556. The van der Waals surface area contributed by atoms with Crippen LogP contribution in [0.25, 0.3) is 0 Å². The first-order valence-electron chi connectivity index (χ1n) is 4.47. The van der Waals surface area contributed by atoms with Crippen LogP contribution in [0.2, 0.25) is 0 Å². The minimum Gasteiger partial charge on any atom is -0.372 e. The van der Waals surface area contributed by atoms with Gasteiger partial charge in [0.2, 0.25) is 0 Å². The molecule has 0 unspecified atom stereocenters. The number of H-pyrrole nitrogens is 1. The molecule has 0 aromatic carbocycles. The molecule has 1 heterocycles. The first-order chi connectivity index (χ1) is 6.18. The van der Waals surface area contributed by atoms with Gasteiger partial charge in [-0.05, 0) is 12.3 Å². The SMILES string of the molecule is CC(C)CCNc1cc(=S)nc[nH]1. The van der Waals surface area contributed by atoms with Crippen molar-refractivity contribution < 1.29 is 0 Å². The van der Waals surface area contributed by atoms with E-state index in [1.54, 1.807) is 6.33 Å². The number of hydrogen-bond donors (Lipinski definition) is 2. The van der Waals surface area contributed by atoms with E-state index in [4.69, 9.17) is 12.2 Å². The van der Waals surface area contributed by atoms with Gasteiger partial charge >= 0.3 is 0 Å². The standard InChI is InChI=1S/C9H15N3S/c1-7(2)3-4-10-8-5-9(13)12-6-11-8/h5-7H,3-4H2,1-2H3,(H2,10,11,12,13). The first kappa shape index (κ1) is 10.2. The van der Waals surface area contributed by atoms with Gasteiger partial charge in [0.15, 0.2) is 0 Å². The fourth-order valence-corrected chi connectivity index (χ4v) is 1.14. The summed E-state index contributed by atoms with van der Waals surface area (Å²) in [6, 6.07) is 1.83. The zero-order valence-electron chi connectivity index (χ0n) is 8.00. The lowest BCUT2D eigenvalue weighted by Crippen LogP contribution is -2.06. The van der Waals surface area contributed by atoms with Gasteiger partial charge in [-0.2, -0.15) is 0 Å². The van der Waals surface area contributed by atoms with E-state index in [2.05, 4.69) is 29.1 Å². The predicted octanol–water partition coefficient (Wildman–Crippen LogP) is 2.60. The normalized spacial score (nSPS) is 10.4. The van der Waals surface area contributed by atoms with Crippen LogP contribution in [0.5, 0.6) is 0 Å². The average Bonchev–Trinajstić information content (AvgIpc) is 2.03. The van der Waals surface area contributed by atoms with Crippen molar-refractivity contribution in [1.29, 1.82) is 0 Å². The number of anilines is 1. The van der Waals surface area contributed by atoms with Crippen molar-refractivity contribution in [3.63, 3.8) is 0 Å². The Morgan fingerprint density at radius 1 is 1.62 bits per heavy atom. The van der Waals surface area contributed by atoms with Crippen LogP contribution in [0.3, 0.4) is 0 Å². The summed E-state index contributed by atoms with van der Waals surface area (Å²) < 4.78 is 0.616. The number of aromatic nitrogens is 2. The molecule has 3 nitrogen and oxygen atoms in total. The van der Waals surface area contributed by atoms with Gasteiger partial charge in [0.1, 0.15) is 10.5 Å². The predicted molar refractivity (Wildman–Crippen MR) is 57.4 cm³/mol. The highest BCUT2D eigenvalue weighted by molar-refractivity contribution is 7.71. The Hall–Kier alpha value is -0.900. The van der Waals surface area contributed by atoms with Crippen LogP contribution >= 0.6 is 12.2 Å². The van der Waals surface area contributed by atoms with Gasteiger partial charge in [0.25, 0.3) is 0 Å². The van der Waals surface area contributed by atoms with E-state index >= 15 is 0 Å². The molecule has 0 saturated carbocycles. The minimum atomic E-state index is 0.616. The molecule has 0 amide bonds. The molecule has 1 aromatic rings. The van der Waals surface area contributed by atoms with Crippen LogP contribution in [0.15, 0.2) is 12.4 Å². The number of nitrogens with one attached hydrogen (secondary N) is 2. The van der Waals surface area contributed by atoms with Gasteiger partial charge in [-0.15, -0.1) is 0 Å². The van der Waals surface area contributed by atoms with E-state index < -0.39 is 0 Å². The summed E-state index contributed by atoms with van der Waals surface area (Å²) in [7, 11) is 0. The van der Waals surface area contributed by atoms with E-state index in [1.807, 2.05) is 6.07 Å². The third kappa shape index (κ3) is 4.03. The van der Waals surface area contributed by atoms with E-state index in [1.165, 1.54) is 0 Å². The smallest absolute Gasteiger partial charge is 0.131 e. The highest BCUT2D eigenvalue weighted by Gasteiger charge is 1.94. The molecule has 1 rings (SSSR count). The maximum absolute atomic E-state index is 4.93. The van der Waals surface area contributed by atoms with E-state index in [0.717, 1.165) is 24.7 Å². The molecule has 0 spiro atoms. The van der Waals surface area contributed by atoms with Gasteiger partial charge in [0.05, 0.1) is 6.33 Å². The van der Waals surface area contributed by atoms with Gasteiger partial charge in [-0.1, -0.05) is 26.1 Å². The topological polar surface area (TPSA) is 40.7 Å². The van der Waals surface area contributed by atoms with Gasteiger partial charge in [-0.25, -0.2) is 4.98 Å². The lowest BCUT2D eigenvalue weighted by molar-refractivity contribution is 0.606. The highest BCUT2D eigenvalue weighted by atomic mass is 32.1. The van der Waals surface area contributed by atoms with Gasteiger partial charge in [0, 0.05) is 12.6 Å². The second-order valence-corrected chi connectivity index (χ2v) is 3.83. The van der Waals surface area contributed by atoms with Crippen LogP contribution in [-0.2, 0) is 0 Å². The Bertz CT molecular complexity index is 306. The van der Waals surface area contributed by atoms with Crippen LogP contribution in [-0.4, -0.2) is 16.5 Å². The molecule has 0 atom stereocenters. The van der Waals surface area contributed by atoms with E-state index in [0.29, 0.717) is 4.64 Å². The molecule has 1 aromatic heterocycles. The molecule has 2 N–H and O–H groups in total. The lowest BCUT2D eigenvalue weighted by Gasteiger charge is -2.07. The first-order valence-corrected chi connectivity index (χ1v) is 4.88. The van der Waals surface area contributed by atoms with Crippen LogP contribution < -0.4 is 5.32 Å². The Morgan fingerprint density at radius 3 is 3.00 bits per heavy atom. The monoisotopic (exact) mass is 197 g/mol. The van der Waals surface area contributed by atoms with Crippen LogP contribution in [0.4, 0.5) is 5.82 Å². The summed E-state index contributed by atoms with van der Waals surface area (Å²) in [6.07, 6.45) is 2.77. The molecule has 4 heteroatoms. The summed E-state index contributed by atoms with van der Waals surface area (Å²) in [4.78, 5) is 6.90. The van der Waals surface area contributed by atoms with Crippen molar-refractivity contribution in [2.75, 3.05) is 11.9 Å². The molecule has 0 saturated heterocycles. The average molecular weight is 197 g/mol. The lowest BCUT2D eigenvalue weighted by atomic mass is 10.1. The third-order valence-electron chi connectivity index (χ3n) is 1.72. The van der Waals surface area contributed by atoms with Crippen molar-refractivity contribution in [2.24, 2.45) is 5.92 Å². The van der Waals surface area contributed by atoms with Crippen molar-refractivity contribution in [3.05, 3.63) is 17.0 Å². The largest absolute Gasteiger partial charge is 0.372 e. The summed E-state index contributed by atoms with van der Waals surface area (Å²) in [5.41, 5.74) is 0. The minimum absolute atomic E-state index is 0.616. The molecular formula is C9H15N3S. The van der Waals surface area contributed by atoms with E-state index in [-0.39, 0.29) is 0 Å². The third-order valence-corrected chi connectivity index (χ3v) is 1.94.